The molecule has 0 aliphatic carbocycles. The number of rotatable bonds is 1. The predicted molar refractivity (Wildman–Crippen MR) is 50.9 cm³/mol. The Kier molecular flexibility index (Phi) is 2.65. The second-order valence-electron chi connectivity index (χ2n) is 2.96. The molecule has 2 rings (SSSR count). The zero-order valence-electron chi connectivity index (χ0n) is 7.44. The number of nitrogens with zero attached hydrogens (tertiary/aromatic N) is 2. The zero-order chi connectivity index (χ0) is 9.97. The van der Waals surface area contributed by atoms with Crippen LogP contribution in [0.25, 0.3) is 0 Å². The molecule has 1 saturated heterocycles. The van der Waals surface area contributed by atoms with Gasteiger partial charge in [0.1, 0.15) is 5.69 Å². The van der Waals surface area contributed by atoms with E-state index in [9.17, 15) is 4.79 Å². The first-order chi connectivity index (χ1) is 6.77. The van der Waals surface area contributed by atoms with Crippen molar-refractivity contribution in [3.05, 3.63) is 29.0 Å². The highest BCUT2D eigenvalue weighted by Gasteiger charge is 2.21. The maximum atomic E-state index is 11.7. The van der Waals surface area contributed by atoms with Gasteiger partial charge in [-0.05, 0) is 18.6 Å². The summed E-state index contributed by atoms with van der Waals surface area (Å²) in [7, 11) is 0. The number of hydrogen-bond donors (Lipinski definition) is 0. The summed E-state index contributed by atoms with van der Waals surface area (Å²) in [5, 5.41) is 1.85. The van der Waals surface area contributed by atoms with E-state index < -0.39 is 0 Å². The summed E-state index contributed by atoms with van der Waals surface area (Å²) in [6.07, 6.45) is 2.32. The van der Waals surface area contributed by atoms with Crippen LogP contribution in [0.4, 0.5) is 0 Å². The molecule has 5 heteroatoms. The van der Waals surface area contributed by atoms with Gasteiger partial charge in [-0.1, -0.05) is 11.6 Å². The maximum Gasteiger partial charge on any atom is 0.295 e. The predicted octanol–water partition coefficient (Wildman–Crippen LogP) is 1.51. The lowest BCUT2D eigenvalue weighted by Crippen LogP contribution is -2.27. The molecule has 4 nitrogen and oxygen atoms in total. The van der Waals surface area contributed by atoms with Crippen molar-refractivity contribution in [2.75, 3.05) is 13.2 Å². The fraction of sp³-hybridized carbons (Fsp3) is 0.333. The Morgan fingerprint density at radius 2 is 2.43 bits per heavy atom. The Balaban J connectivity index is 2.14. The van der Waals surface area contributed by atoms with E-state index in [0.29, 0.717) is 23.9 Å². The maximum absolute atomic E-state index is 11.7. The van der Waals surface area contributed by atoms with E-state index >= 15 is 0 Å². The molecule has 2 heterocycles. The molecule has 0 N–H and O–H groups in total. The third kappa shape index (κ3) is 1.86. The summed E-state index contributed by atoms with van der Waals surface area (Å²) in [6, 6.07) is 3.23. The quantitative estimate of drug-likeness (QED) is 0.709. The van der Waals surface area contributed by atoms with E-state index in [1.165, 1.54) is 11.3 Å². The van der Waals surface area contributed by atoms with Crippen LogP contribution in [0.3, 0.4) is 0 Å². The van der Waals surface area contributed by atoms with Gasteiger partial charge in [0, 0.05) is 6.20 Å². The van der Waals surface area contributed by atoms with Crippen molar-refractivity contribution in [2.45, 2.75) is 6.42 Å². The van der Waals surface area contributed by atoms with E-state index in [1.54, 1.807) is 12.1 Å². The van der Waals surface area contributed by atoms with Crippen LogP contribution in [0.2, 0.25) is 5.02 Å². The molecule has 0 saturated carbocycles. The minimum atomic E-state index is -0.209. The van der Waals surface area contributed by atoms with Crippen molar-refractivity contribution in [3.63, 3.8) is 0 Å². The lowest BCUT2D eigenvalue weighted by Gasteiger charge is -2.12. The topological polar surface area (TPSA) is 42.4 Å². The van der Waals surface area contributed by atoms with Crippen molar-refractivity contribution in [1.82, 2.24) is 10.0 Å². The smallest absolute Gasteiger partial charge is 0.271 e. The SMILES string of the molecule is O=C(c1ccc(Cl)cn1)N1CCCO1. The summed E-state index contributed by atoms with van der Waals surface area (Å²) >= 11 is 5.66. The molecule has 1 amide bonds. The molecule has 0 atom stereocenters. The first kappa shape index (κ1) is 9.43. The fourth-order valence-corrected chi connectivity index (χ4v) is 1.35. The van der Waals surface area contributed by atoms with Crippen LogP contribution in [-0.2, 0) is 4.84 Å². The number of halogens is 1. The van der Waals surface area contributed by atoms with Gasteiger partial charge in [-0.2, -0.15) is 0 Å². The van der Waals surface area contributed by atoms with Crippen LogP contribution in [-0.4, -0.2) is 29.1 Å². The molecule has 1 aliphatic heterocycles. The van der Waals surface area contributed by atoms with Gasteiger partial charge in [0.15, 0.2) is 0 Å². The van der Waals surface area contributed by atoms with E-state index in [-0.39, 0.29) is 5.91 Å². The number of hydrogen-bond acceptors (Lipinski definition) is 3. The molecule has 1 aromatic heterocycles. The third-order valence-electron chi connectivity index (χ3n) is 1.93. The number of carbonyl (C=O) groups is 1. The molecule has 1 fully saturated rings. The van der Waals surface area contributed by atoms with E-state index in [1.807, 2.05) is 0 Å². The molecular weight excluding hydrogens is 204 g/mol. The molecular formula is C9H9ClN2O2. The Morgan fingerprint density at radius 1 is 1.57 bits per heavy atom. The largest absolute Gasteiger partial charge is 0.295 e. The van der Waals surface area contributed by atoms with Gasteiger partial charge in [0.2, 0.25) is 0 Å². The zero-order valence-corrected chi connectivity index (χ0v) is 8.20. The number of aromatic nitrogens is 1. The van der Waals surface area contributed by atoms with Gasteiger partial charge in [-0.3, -0.25) is 9.63 Å². The lowest BCUT2D eigenvalue weighted by atomic mass is 10.3. The fourth-order valence-electron chi connectivity index (χ4n) is 1.24. The summed E-state index contributed by atoms with van der Waals surface area (Å²) in [5.41, 5.74) is 0.358. The van der Waals surface area contributed by atoms with Crippen molar-refractivity contribution in [1.29, 1.82) is 0 Å². The molecule has 0 bridgehead atoms. The number of hydroxylamine groups is 2. The highest BCUT2D eigenvalue weighted by atomic mass is 35.5. The summed E-state index contributed by atoms with van der Waals surface area (Å²) in [4.78, 5) is 20.7. The van der Waals surface area contributed by atoms with Gasteiger partial charge in [0.05, 0.1) is 18.2 Å². The Morgan fingerprint density at radius 3 is 3.00 bits per heavy atom. The third-order valence-corrected chi connectivity index (χ3v) is 2.15. The van der Waals surface area contributed by atoms with Crippen LogP contribution in [0.1, 0.15) is 16.9 Å². The molecule has 0 aromatic carbocycles. The molecule has 0 radical (unpaired) electrons. The normalized spacial score (nSPS) is 15.9. The van der Waals surface area contributed by atoms with Crippen molar-refractivity contribution in [3.8, 4) is 0 Å². The summed E-state index contributed by atoms with van der Waals surface area (Å²) in [5.74, 6) is -0.209. The second kappa shape index (κ2) is 3.94. The van der Waals surface area contributed by atoms with E-state index in [0.717, 1.165) is 6.42 Å². The molecule has 0 spiro atoms. The molecule has 0 unspecified atom stereocenters. The van der Waals surface area contributed by atoms with Crippen LogP contribution in [0, 0.1) is 0 Å². The highest BCUT2D eigenvalue weighted by molar-refractivity contribution is 6.30. The van der Waals surface area contributed by atoms with Crippen molar-refractivity contribution in [2.24, 2.45) is 0 Å². The highest BCUT2D eigenvalue weighted by Crippen LogP contribution is 2.11. The van der Waals surface area contributed by atoms with E-state index in [2.05, 4.69) is 4.98 Å². The summed E-state index contributed by atoms with van der Waals surface area (Å²) < 4.78 is 0. The van der Waals surface area contributed by atoms with Gasteiger partial charge >= 0.3 is 0 Å². The van der Waals surface area contributed by atoms with Crippen LogP contribution in [0.15, 0.2) is 18.3 Å². The average molecular weight is 213 g/mol. The second-order valence-corrected chi connectivity index (χ2v) is 3.39. The Bertz CT molecular complexity index is 333. The van der Waals surface area contributed by atoms with Gasteiger partial charge in [0.25, 0.3) is 5.91 Å². The van der Waals surface area contributed by atoms with Crippen molar-refractivity contribution < 1.29 is 9.63 Å². The molecule has 74 valence electrons. The van der Waals surface area contributed by atoms with Gasteiger partial charge < -0.3 is 0 Å². The van der Waals surface area contributed by atoms with Crippen LogP contribution >= 0.6 is 11.6 Å². The minimum absolute atomic E-state index is 0.209. The Labute approximate surface area is 86.4 Å². The van der Waals surface area contributed by atoms with E-state index in [4.69, 9.17) is 16.4 Å². The van der Waals surface area contributed by atoms with Gasteiger partial charge in [-0.15, -0.1) is 0 Å². The first-order valence-corrected chi connectivity index (χ1v) is 4.71. The minimum Gasteiger partial charge on any atom is -0.271 e. The standard InChI is InChI=1S/C9H9ClN2O2/c10-7-2-3-8(11-6-7)9(13)12-4-1-5-14-12/h2-3,6H,1,4-5H2. The van der Waals surface area contributed by atoms with Crippen LogP contribution < -0.4 is 0 Å². The molecule has 1 aliphatic rings. The summed E-state index contributed by atoms with van der Waals surface area (Å²) in [6.45, 7) is 1.22. The average Bonchev–Trinajstić information content (AvgIpc) is 2.71. The Hall–Kier alpha value is -1.13. The lowest BCUT2D eigenvalue weighted by molar-refractivity contribution is -0.0771. The first-order valence-electron chi connectivity index (χ1n) is 4.34. The monoisotopic (exact) mass is 212 g/mol. The van der Waals surface area contributed by atoms with Crippen LogP contribution in [0.5, 0.6) is 0 Å². The van der Waals surface area contributed by atoms with Gasteiger partial charge in [-0.25, -0.2) is 10.0 Å². The number of amides is 1. The molecule has 1 aromatic rings. The number of carbonyl (C=O) groups excluding carboxylic acids is 1. The number of pyridine rings is 1. The van der Waals surface area contributed by atoms with Crippen molar-refractivity contribution >= 4 is 17.5 Å². The molecule has 14 heavy (non-hydrogen) atoms.